The molecule has 1 spiro atoms. The summed E-state index contributed by atoms with van der Waals surface area (Å²) in [5.74, 6) is -0.185. The highest BCUT2D eigenvalue weighted by atomic mass is 19.1. The van der Waals surface area contributed by atoms with E-state index < -0.39 is 0 Å². The minimum atomic E-state index is -0.263. The summed E-state index contributed by atoms with van der Waals surface area (Å²) < 4.78 is 13.0. The molecule has 25 heavy (non-hydrogen) atoms. The third-order valence-corrected chi connectivity index (χ3v) is 5.39. The Bertz CT molecular complexity index is 626. The standard InChI is InChI=1S/C19H26FN3O2/c1-14(24)22-17-12-19(8-10-21-11-9-19)23(13-17)18(25)7-4-15-2-5-16(20)6-3-15/h2-3,5-6,17,21H,4,7-13H2,1H3,(H,22,24)/t17-/m1/s1. The van der Waals surface area contributed by atoms with E-state index in [1.807, 2.05) is 4.90 Å². The molecule has 136 valence electrons. The summed E-state index contributed by atoms with van der Waals surface area (Å²) in [5.41, 5.74) is 0.824. The van der Waals surface area contributed by atoms with Crippen LogP contribution < -0.4 is 10.6 Å². The van der Waals surface area contributed by atoms with Gasteiger partial charge < -0.3 is 15.5 Å². The van der Waals surface area contributed by atoms with E-state index in [1.54, 1.807) is 12.1 Å². The summed E-state index contributed by atoms with van der Waals surface area (Å²) >= 11 is 0. The summed E-state index contributed by atoms with van der Waals surface area (Å²) in [6, 6.07) is 6.35. The molecule has 1 atom stereocenters. The number of carbonyl (C=O) groups excluding carboxylic acids is 2. The van der Waals surface area contributed by atoms with Crippen LogP contribution in [0, 0.1) is 5.82 Å². The largest absolute Gasteiger partial charge is 0.352 e. The number of amides is 2. The molecule has 1 aromatic rings. The van der Waals surface area contributed by atoms with Gasteiger partial charge in [-0.2, -0.15) is 0 Å². The molecule has 2 N–H and O–H groups in total. The van der Waals surface area contributed by atoms with Crippen molar-refractivity contribution in [2.24, 2.45) is 0 Å². The summed E-state index contributed by atoms with van der Waals surface area (Å²) in [4.78, 5) is 26.3. The van der Waals surface area contributed by atoms with Gasteiger partial charge in [-0.25, -0.2) is 4.39 Å². The van der Waals surface area contributed by atoms with E-state index in [0.717, 1.165) is 37.9 Å². The minimum Gasteiger partial charge on any atom is -0.352 e. The molecule has 2 heterocycles. The number of likely N-dealkylation sites (tertiary alicyclic amines) is 1. The van der Waals surface area contributed by atoms with Crippen LogP contribution in [-0.4, -0.2) is 47.9 Å². The number of aryl methyl sites for hydroxylation is 1. The van der Waals surface area contributed by atoms with Crippen molar-refractivity contribution in [1.29, 1.82) is 0 Å². The van der Waals surface area contributed by atoms with Gasteiger partial charge in [0.05, 0.1) is 0 Å². The van der Waals surface area contributed by atoms with Crippen molar-refractivity contribution in [2.45, 2.75) is 50.6 Å². The number of benzene rings is 1. The summed E-state index contributed by atoms with van der Waals surface area (Å²) in [6.07, 6.45) is 3.69. The predicted molar refractivity (Wildman–Crippen MR) is 93.5 cm³/mol. The Hall–Kier alpha value is -1.95. The molecule has 6 heteroatoms. The lowest BCUT2D eigenvalue weighted by molar-refractivity contribution is -0.136. The third kappa shape index (κ3) is 4.18. The van der Waals surface area contributed by atoms with Crippen LogP contribution in [-0.2, 0) is 16.0 Å². The topological polar surface area (TPSA) is 61.4 Å². The van der Waals surface area contributed by atoms with E-state index in [9.17, 15) is 14.0 Å². The fraction of sp³-hybridized carbons (Fsp3) is 0.579. The SMILES string of the molecule is CC(=O)N[C@H]1CN(C(=O)CCc2ccc(F)cc2)C2(CCNCC2)C1. The zero-order valence-corrected chi connectivity index (χ0v) is 14.7. The van der Waals surface area contributed by atoms with Gasteiger partial charge in [-0.1, -0.05) is 12.1 Å². The second kappa shape index (κ2) is 7.52. The van der Waals surface area contributed by atoms with Crippen molar-refractivity contribution in [1.82, 2.24) is 15.5 Å². The van der Waals surface area contributed by atoms with Crippen molar-refractivity contribution >= 4 is 11.8 Å². The second-order valence-electron chi connectivity index (χ2n) is 7.21. The van der Waals surface area contributed by atoms with Crippen LogP contribution in [0.2, 0.25) is 0 Å². The molecule has 2 amide bonds. The zero-order valence-electron chi connectivity index (χ0n) is 14.7. The first-order valence-corrected chi connectivity index (χ1v) is 9.01. The summed E-state index contributed by atoms with van der Waals surface area (Å²) in [5, 5.41) is 6.34. The molecular formula is C19H26FN3O2. The first kappa shape index (κ1) is 17.9. The molecule has 5 nitrogen and oxygen atoms in total. The summed E-state index contributed by atoms with van der Waals surface area (Å²) in [6.45, 7) is 3.90. The maximum atomic E-state index is 13.0. The molecule has 0 radical (unpaired) electrons. The highest BCUT2D eigenvalue weighted by molar-refractivity contribution is 5.78. The quantitative estimate of drug-likeness (QED) is 0.870. The smallest absolute Gasteiger partial charge is 0.223 e. The first-order valence-electron chi connectivity index (χ1n) is 9.01. The van der Waals surface area contributed by atoms with Crippen molar-refractivity contribution in [3.05, 3.63) is 35.6 Å². The molecule has 0 unspecified atom stereocenters. The van der Waals surface area contributed by atoms with Crippen molar-refractivity contribution in [3.63, 3.8) is 0 Å². The average molecular weight is 347 g/mol. The van der Waals surface area contributed by atoms with Gasteiger partial charge in [0.2, 0.25) is 11.8 Å². The number of carbonyl (C=O) groups is 2. The fourth-order valence-corrected chi connectivity index (χ4v) is 4.20. The van der Waals surface area contributed by atoms with E-state index >= 15 is 0 Å². The van der Waals surface area contributed by atoms with Gasteiger partial charge in [0.1, 0.15) is 5.82 Å². The lowest BCUT2D eigenvalue weighted by atomic mass is 9.84. The molecule has 0 aliphatic carbocycles. The monoisotopic (exact) mass is 347 g/mol. The Labute approximate surface area is 148 Å². The number of halogens is 1. The number of nitrogens with one attached hydrogen (secondary N) is 2. The Balaban J connectivity index is 1.67. The van der Waals surface area contributed by atoms with Crippen LogP contribution >= 0.6 is 0 Å². The molecule has 2 fully saturated rings. The molecular weight excluding hydrogens is 321 g/mol. The van der Waals surface area contributed by atoms with Gasteiger partial charge in [0, 0.05) is 31.5 Å². The van der Waals surface area contributed by atoms with Crippen LogP contribution in [0.15, 0.2) is 24.3 Å². The second-order valence-corrected chi connectivity index (χ2v) is 7.21. The molecule has 0 saturated carbocycles. The van der Waals surface area contributed by atoms with Crippen molar-refractivity contribution in [3.8, 4) is 0 Å². The van der Waals surface area contributed by atoms with Gasteiger partial charge in [-0.05, 0) is 56.5 Å². The average Bonchev–Trinajstić information content (AvgIpc) is 2.91. The van der Waals surface area contributed by atoms with E-state index in [4.69, 9.17) is 0 Å². The lowest BCUT2D eigenvalue weighted by Gasteiger charge is -2.41. The van der Waals surface area contributed by atoms with Crippen LogP contribution in [0.3, 0.4) is 0 Å². The Morgan fingerprint density at radius 3 is 2.60 bits per heavy atom. The Morgan fingerprint density at radius 2 is 1.96 bits per heavy atom. The molecule has 0 aromatic heterocycles. The van der Waals surface area contributed by atoms with Crippen molar-refractivity contribution in [2.75, 3.05) is 19.6 Å². The highest BCUT2D eigenvalue weighted by Gasteiger charge is 2.48. The molecule has 2 aliphatic heterocycles. The number of hydrogen-bond acceptors (Lipinski definition) is 3. The molecule has 2 aliphatic rings. The maximum Gasteiger partial charge on any atom is 0.223 e. The van der Waals surface area contributed by atoms with E-state index in [-0.39, 0.29) is 29.2 Å². The van der Waals surface area contributed by atoms with E-state index in [2.05, 4.69) is 10.6 Å². The third-order valence-electron chi connectivity index (χ3n) is 5.39. The fourth-order valence-electron chi connectivity index (χ4n) is 4.20. The predicted octanol–water partition coefficient (Wildman–Crippen LogP) is 1.62. The van der Waals surface area contributed by atoms with Crippen LogP contribution in [0.1, 0.15) is 38.2 Å². The van der Waals surface area contributed by atoms with Crippen LogP contribution in [0.5, 0.6) is 0 Å². The molecule has 2 saturated heterocycles. The number of hydrogen-bond donors (Lipinski definition) is 2. The first-order chi connectivity index (χ1) is 12.0. The lowest BCUT2D eigenvalue weighted by Crippen LogP contribution is -2.53. The Kier molecular flexibility index (Phi) is 5.37. The molecule has 1 aromatic carbocycles. The Morgan fingerprint density at radius 1 is 1.28 bits per heavy atom. The van der Waals surface area contributed by atoms with Gasteiger partial charge in [-0.15, -0.1) is 0 Å². The van der Waals surface area contributed by atoms with Gasteiger partial charge >= 0.3 is 0 Å². The minimum absolute atomic E-state index is 0.0328. The summed E-state index contributed by atoms with van der Waals surface area (Å²) in [7, 11) is 0. The van der Waals surface area contributed by atoms with Gasteiger partial charge in [-0.3, -0.25) is 9.59 Å². The molecule has 0 bridgehead atoms. The molecule has 3 rings (SSSR count). The van der Waals surface area contributed by atoms with Crippen molar-refractivity contribution < 1.29 is 14.0 Å². The number of piperidine rings is 1. The maximum absolute atomic E-state index is 13.0. The highest BCUT2D eigenvalue weighted by Crippen LogP contribution is 2.37. The van der Waals surface area contributed by atoms with Crippen LogP contribution in [0.4, 0.5) is 4.39 Å². The normalized spacial score (nSPS) is 22.2. The van der Waals surface area contributed by atoms with Gasteiger partial charge in [0.15, 0.2) is 0 Å². The number of nitrogens with zero attached hydrogens (tertiary/aromatic N) is 1. The van der Waals surface area contributed by atoms with E-state index in [0.29, 0.717) is 19.4 Å². The van der Waals surface area contributed by atoms with E-state index in [1.165, 1.54) is 19.1 Å². The zero-order chi connectivity index (χ0) is 17.9. The number of rotatable bonds is 4. The van der Waals surface area contributed by atoms with Gasteiger partial charge in [0.25, 0.3) is 0 Å². The van der Waals surface area contributed by atoms with Crippen LogP contribution in [0.25, 0.3) is 0 Å².